The Kier molecular flexibility index (Phi) is 4.28. The first-order valence-electron chi connectivity index (χ1n) is 7.31. The van der Waals surface area contributed by atoms with Crippen molar-refractivity contribution in [3.63, 3.8) is 0 Å². The molecule has 0 aliphatic carbocycles. The summed E-state index contributed by atoms with van der Waals surface area (Å²) in [6.45, 7) is 7.87. The van der Waals surface area contributed by atoms with Crippen LogP contribution in [0.2, 0.25) is 0 Å². The fraction of sp³-hybridized carbons (Fsp3) is 0.929. The fourth-order valence-corrected chi connectivity index (χ4v) is 2.94. The summed E-state index contributed by atoms with van der Waals surface area (Å²) in [7, 11) is 0. The average molecular weight is 254 g/mol. The molecule has 2 rings (SSSR count). The number of hydrogen-bond acceptors (Lipinski definition) is 3. The van der Waals surface area contributed by atoms with Gasteiger partial charge in [-0.05, 0) is 32.6 Å². The van der Waals surface area contributed by atoms with Gasteiger partial charge in [0, 0.05) is 13.2 Å². The molecule has 104 valence electrons. The molecule has 3 unspecified atom stereocenters. The molecule has 0 aromatic rings. The molecule has 2 heterocycles. The minimum Gasteiger partial charge on any atom is -0.376 e. The molecule has 4 heteroatoms. The fourth-order valence-electron chi connectivity index (χ4n) is 2.94. The normalized spacial score (nSPS) is 36.6. The predicted molar refractivity (Wildman–Crippen MR) is 71.2 cm³/mol. The lowest BCUT2D eigenvalue weighted by atomic mass is 9.99. The van der Waals surface area contributed by atoms with E-state index in [4.69, 9.17) is 4.74 Å². The zero-order chi connectivity index (χ0) is 13.2. The lowest BCUT2D eigenvalue weighted by Crippen LogP contribution is -2.43. The molecule has 3 atom stereocenters. The highest BCUT2D eigenvalue weighted by molar-refractivity contribution is 5.88. The van der Waals surface area contributed by atoms with E-state index < -0.39 is 0 Å². The third-order valence-corrected chi connectivity index (χ3v) is 4.29. The number of hydrogen-bond donors (Lipinski definition) is 1. The van der Waals surface area contributed by atoms with Gasteiger partial charge in [0.15, 0.2) is 0 Å². The Morgan fingerprint density at radius 3 is 2.83 bits per heavy atom. The molecular weight excluding hydrogens is 228 g/mol. The van der Waals surface area contributed by atoms with Crippen LogP contribution in [0.3, 0.4) is 0 Å². The zero-order valence-electron chi connectivity index (χ0n) is 11.9. The summed E-state index contributed by atoms with van der Waals surface area (Å²) in [6.07, 6.45) is 5.61. The van der Waals surface area contributed by atoms with Gasteiger partial charge in [-0.15, -0.1) is 0 Å². The van der Waals surface area contributed by atoms with E-state index in [9.17, 15) is 4.79 Å². The van der Waals surface area contributed by atoms with E-state index in [1.165, 1.54) is 0 Å². The van der Waals surface area contributed by atoms with E-state index in [-0.39, 0.29) is 23.7 Å². The minimum atomic E-state index is -0.377. The molecule has 0 spiro atoms. The van der Waals surface area contributed by atoms with E-state index in [0.717, 1.165) is 45.3 Å². The summed E-state index contributed by atoms with van der Waals surface area (Å²) in [5, 5.41) is 3.51. The number of nitrogens with one attached hydrogen (secondary N) is 1. The second-order valence-corrected chi connectivity index (χ2v) is 5.73. The maximum Gasteiger partial charge on any atom is 0.243 e. The Bertz CT molecular complexity index is 302. The molecule has 0 radical (unpaired) electrons. The Labute approximate surface area is 110 Å². The van der Waals surface area contributed by atoms with Gasteiger partial charge in [0.1, 0.15) is 0 Å². The summed E-state index contributed by atoms with van der Waals surface area (Å²) < 4.78 is 5.67. The lowest BCUT2D eigenvalue weighted by Gasteiger charge is -2.26. The summed E-state index contributed by atoms with van der Waals surface area (Å²) in [4.78, 5) is 14.6. The second kappa shape index (κ2) is 5.57. The molecule has 4 nitrogen and oxygen atoms in total. The monoisotopic (exact) mass is 254 g/mol. The molecule has 0 saturated carbocycles. The topological polar surface area (TPSA) is 41.6 Å². The molecule has 0 aromatic heterocycles. The van der Waals surface area contributed by atoms with Crippen LogP contribution in [-0.4, -0.2) is 41.8 Å². The van der Waals surface area contributed by atoms with Gasteiger partial charge in [-0.1, -0.05) is 20.3 Å². The van der Waals surface area contributed by atoms with Gasteiger partial charge in [0.05, 0.1) is 17.8 Å². The molecule has 2 aliphatic rings. The smallest absolute Gasteiger partial charge is 0.243 e. The third kappa shape index (κ3) is 2.54. The lowest BCUT2D eigenvalue weighted by molar-refractivity contribution is -0.134. The van der Waals surface area contributed by atoms with Crippen molar-refractivity contribution in [2.75, 3.05) is 13.2 Å². The van der Waals surface area contributed by atoms with Crippen molar-refractivity contribution < 1.29 is 9.53 Å². The molecular formula is C14H26N2O2. The molecule has 2 aliphatic heterocycles. The van der Waals surface area contributed by atoms with Crippen LogP contribution in [-0.2, 0) is 9.53 Å². The number of amides is 1. The summed E-state index contributed by atoms with van der Waals surface area (Å²) in [5.74, 6) is 0.249. The number of carbonyl (C=O) groups excluding carboxylic acids is 1. The maximum atomic E-state index is 12.5. The van der Waals surface area contributed by atoms with Crippen LogP contribution in [0.5, 0.6) is 0 Å². The first-order valence-corrected chi connectivity index (χ1v) is 7.31. The molecule has 0 aromatic carbocycles. The summed E-state index contributed by atoms with van der Waals surface area (Å²) in [5.41, 5.74) is -0.377. The van der Waals surface area contributed by atoms with Crippen LogP contribution < -0.4 is 5.32 Å². The molecule has 2 saturated heterocycles. The van der Waals surface area contributed by atoms with Crippen LogP contribution in [0.1, 0.15) is 52.9 Å². The minimum absolute atomic E-state index is 0.191. The molecule has 2 fully saturated rings. The van der Waals surface area contributed by atoms with Gasteiger partial charge in [-0.2, -0.15) is 0 Å². The standard InChI is InChI=1S/C14H26N2O2/c1-4-7-12-15-14(3,5-2)13(17)16(12)10-11-8-6-9-18-11/h11-12,15H,4-10H2,1-3H3. The summed E-state index contributed by atoms with van der Waals surface area (Å²) >= 11 is 0. The van der Waals surface area contributed by atoms with Gasteiger partial charge in [0.2, 0.25) is 5.91 Å². The van der Waals surface area contributed by atoms with Gasteiger partial charge in [-0.3, -0.25) is 10.1 Å². The third-order valence-electron chi connectivity index (χ3n) is 4.29. The Morgan fingerprint density at radius 2 is 2.28 bits per heavy atom. The first-order chi connectivity index (χ1) is 8.60. The van der Waals surface area contributed by atoms with E-state index >= 15 is 0 Å². The largest absolute Gasteiger partial charge is 0.376 e. The van der Waals surface area contributed by atoms with Crippen LogP contribution in [0.25, 0.3) is 0 Å². The average Bonchev–Trinajstić information content (AvgIpc) is 2.94. The second-order valence-electron chi connectivity index (χ2n) is 5.73. The molecule has 18 heavy (non-hydrogen) atoms. The molecule has 0 bridgehead atoms. The Morgan fingerprint density at radius 1 is 1.50 bits per heavy atom. The van der Waals surface area contributed by atoms with Gasteiger partial charge >= 0.3 is 0 Å². The SMILES string of the molecule is CCCC1NC(C)(CC)C(=O)N1CC1CCCO1. The van der Waals surface area contributed by atoms with Crippen molar-refractivity contribution in [3.05, 3.63) is 0 Å². The van der Waals surface area contributed by atoms with E-state index in [0.29, 0.717) is 0 Å². The first kappa shape index (κ1) is 13.8. The Balaban J connectivity index is 2.06. The van der Waals surface area contributed by atoms with Crippen LogP contribution in [0, 0.1) is 0 Å². The molecule has 1 N–H and O–H groups in total. The van der Waals surface area contributed by atoms with Crippen LogP contribution in [0.4, 0.5) is 0 Å². The number of ether oxygens (including phenoxy) is 1. The highest BCUT2D eigenvalue weighted by atomic mass is 16.5. The zero-order valence-corrected chi connectivity index (χ0v) is 11.9. The van der Waals surface area contributed by atoms with Crippen LogP contribution >= 0.6 is 0 Å². The predicted octanol–water partition coefficient (Wildman–Crippen LogP) is 1.89. The number of rotatable bonds is 5. The Hall–Kier alpha value is -0.610. The number of nitrogens with zero attached hydrogens (tertiary/aromatic N) is 1. The quantitative estimate of drug-likeness (QED) is 0.814. The van der Waals surface area contributed by atoms with Crippen molar-refractivity contribution in [2.24, 2.45) is 0 Å². The van der Waals surface area contributed by atoms with Crippen molar-refractivity contribution in [2.45, 2.75) is 70.7 Å². The van der Waals surface area contributed by atoms with Gasteiger partial charge < -0.3 is 9.64 Å². The summed E-state index contributed by atoms with van der Waals surface area (Å²) in [6, 6.07) is 0. The molecule has 1 amide bonds. The van der Waals surface area contributed by atoms with Crippen molar-refractivity contribution in [1.82, 2.24) is 10.2 Å². The van der Waals surface area contributed by atoms with Gasteiger partial charge in [0.25, 0.3) is 0 Å². The van der Waals surface area contributed by atoms with E-state index in [1.54, 1.807) is 0 Å². The van der Waals surface area contributed by atoms with E-state index in [2.05, 4.69) is 19.2 Å². The maximum absolute atomic E-state index is 12.5. The van der Waals surface area contributed by atoms with Crippen LogP contribution in [0.15, 0.2) is 0 Å². The van der Waals surface area contributed by atoms with Crippen molar-refractivity contribution in [3.8, 4) is 0 Å². The van der Waals surface area contributed by atoms with E-state index in [1.807, 2.05) is 11.8 Å². The highest BCUT2D eigenvalue weighted by Crippen LogP contribution is 2.27. The highest BCUT2D eigenvalue weighted by Gasteiger charge is 2.46. The van der Waals surface area contributed by atoms with Crippen molar-refractivity contribution >= 4 is 5.91 Å². The number of carbonyl (C=O) groups is 1. The van der Waals surface area contributed by atoms with Gasteiger partial charge in [-0.25, -0.2) is 0 Å². The van der Waals surface area contributed by atoms with Crippen molar-refractivity contribution in [1.29, 1.82) is 0 Å².